The lowest BCUT2D eigenvalue weighted by Crippen LogP contribution is -2.40. The van der Waals surface area contributed by atoms with E-state index in [0.29, 0.717) is 6.54 Å². The van der Waals surface area contributed by atoms with Crippen LogP contribution in [0.3, 0.4) is 0 Å². The lowest BCUT2D eigenvalue weighted by Gasteiger charge is -2.12. The van der Waals surface area contributed by atoms with Gasteiger partial charge >= 0.3 is 12.0 Å². The number of carboxylic acids is 1. The maximum absolute atomic E-state index is 11.5. The van der Waals surface area contributed by atoms with Gasteiger partial charge in [0.25, 0.3) is 0 Å². The van der Waals surface area contributed by atoms with Gasteiger partial charge in [0.2, 0.25) is 5.91 Å². The van der Waals surface area contributed by atoms with E-state index in [4.69, 9.17) is 5.11 Å². The van der Waals surface area contributed by atoms with E-state index in [9.17, 15) is 14.4 Å². The Hall–Kier alpha value is -2.65. The van der Waals surface area contributed by atoms with E-state index in [1.165, 1.54) is 4.90 Å². The van der Waals surface area contributed by atoms with Crippen molar-refractivity contribution in [1.82, 2.24) is 30.5 Å². The topological polar surface area (TPSA) is 129 Å². The van der Waals surface area contributed by atoms with Crippen LogP contribution in [0.5, 0.6) is 0 Å². The highest BCUT2D eigenvalue weighted by Crippen LogP contribution is 1.92. The molecule has 1 heterocycles. The van der Waals surface area contributed by atoms with Crippen molar-refractivity contribution in [2.75, 3.05) is 27.2 Å². The summed E-state index contributed by atoms with van der Waals surface area (Å²) in [6, 6.07) is -0.248. The smallest absolute Gasteiger partial charge is 0.358 e. The molecule has 1 aromatic rings. The summed E-state index contributed by atoms with van der Waals surface area (Å²) in [4.78, 5) is 34.6. The molecule has 10 heteroatoms. The lowest BCUT2D eigenvalue weighted by atomic mass is 10.5. The first-order valence-electron chi connectivity index (χ1n) is 5.75. The number of aromatic nitrogens is 3. The number of amides is 3. The summed E-state index contributed by atoms with van der Waals surface area (Å²) in [5.74, 6) is -1.56. The van der Waals surface area contributed by atoms with Crippen molar-refractivity contribution in [3.8, 4) is 0 Å². The minimum atomic E-state index is -1.21. The molecule has 0 aliphatic carbocycles. The predicted molar refractivity (Wildman–Crippen MR) is 67.1 cm³/mol. The van der Waals surface area contributed by atoms with Crippen molar-refractivity contribution in [1.29, 1.82) is 0 Å². The molecule has 110 valence electrons. The SMILES string of the molecule is CN(C)C(=O)NCCNC(=O)Cn1cc(C(=O)O)nn1. The number of hydrogen-bond donors (Lipinski definition) is 3. The van der Waals surface area contributed by atoms with Crippen molar-refractivity contribution in [3.05, 3.63) is 11.9 Å². The first kappa shape index (κ1) is 15.4. The molecule has 20 heavy (non-hydrogen) atoms. The van der Waals surface area contributed by atoms with Crippen LogP contribution >= 0.6 is 0 Å². The first-order chi connectivity index (χ1) is 9.40. The van der Waals surface area contributed by atoms with Gasteiger partial charge in [-0.25, -0.2) is 14.3 Å². The molecule has 0 atom stereocenters. The zero-order valence-corrected chi connectivity index (χ0v) is 11.2. The highest BCUT2D eigenvalue weighted by molar-refractivity contribution is 5.84. The molecule has 0 bridgehead atoms. The van der Waals surface area contributed by atoms with E-state index in [1.54, 1.807) is 14.1 Å². The third-order valence-electron chi connectivity index (χ3n) is 2.19. The van der Waals surface area contributed by atoms with Gasteiger partial charge < -0.3 is 20.6 Å². The molecular weight excluding hydrogens is 268 g/mol. The van der Waals surface area contributed by atoms with Crippen LogP contribution in [0.1, 0.15) is 10.5 Å². The van der Waals surface area contributed by atoms with Crippen LogP contribution in [0.25, 0.3) is 0 Å². The standard InChI is InChI=1S/C10H16N6O4/c1-15(2)10(20)12-4-3-11-8(17)6-16-5-7(9(18)19)13-14-16/h5H,3-4,6H2,1-2H3,(H,11,17)(H,12,20)(H,18,19). The van der Waals surface area contributed by atoms with E-state index in [1.807, 2.05) is 0 Å². The second kappa shape index (κ2) is 7.07. The van der Waals surface area contributed by atoms with E-state index in [0.717, 1.165) is 10.9 Å². The van der Waals surface area contributed by atoms with Crippen LogP contribution in [-0.2, 0) is 11.3 Å². The van der Waals surface area contributed by atoms with Crippen molar-refractivity contribution < 1.29 is 19.5 Å². The maximum Gasteiger partial charge on any atom is 0.358 e. The normalized spacial score (nSPS) is 9.90. The number of nitrogens with one attached hydrogen (secondary N) is 2. The monoisotopic (exact) mass is 284 g/mol. The Labute approximate surface area is 114 Å². The molecular formula is C10H16N6O4. The summed E-state index contributed by atoms with van der Waals surface area (Å²) in [5.41, 5.74) is -0.226. The van der Waals surface area contributed by atoms with Crippen molar-refractivity contribution >= 4 is 17.9 Å². The summed E-state index contributed by atoms with van der Waals surface area (Å²) in [5, 5.41) is 20.7. The highest BCUT2D eigenvalue weighted by Gasteiger charge is 2.10. The number of carboxylic acid groups (broad SMARTS) is 1. The fraction of sp³-hybridized carbons (Fsp3) is 0.500. The summed E-state index contributed by atoms with van der Waals surface area (Å²) >= 11 is 0. The van der Waals surface area contributed by atoms with Gasteiger partial charge in [0.05, 0.1) is 6.20 Å². The minimum Gasteiger partial charge on any atom is -0.476 e. The molecule has 1 rings (SSSR count). The van der Waals surface area contributed by atoms with Crippen molar-refractivity contribution in [2.24, 2.45) is 0 Å². The number of rotatable bonds is 6. The largest absolute Gasteiger partial charge is 0.476 e. The third-order valence-corrected chi connectivity index (χ3v) is 2.19. The second-order valence-electron chi connectivity index (χ2n) is 4.08. The molecule has 0 spiro atoms. The molecule has 0 aliphatic rings. The van der Waals surface area contributed by atoms with Crippen LogP contribution in [-0.4, -0.2) is 70.1 Å². The van der Waals surface area contributed by atoms with Crippen LogP contribution < -0.4 is 10.6 Å². The van der Waals surface area contributed by atoms with Crippen LogP contribution in [0, 0.1) is 0 Å². The van der Waals surface area contributed by atoms with Crippen LogP contribution in [0.4, 0.5) is 4.79 Å². The number of aromatic carboxylic acids is 1. The fourth-order valence-electron chi connectivity index (χ4n) is 1.21. The van der Waals surface area contributed by atoms with Gasteiger partial charge in [-0.3, -0.25) is 4.79 Å². The molecule has 0 aromatic carbocycles. The van der Waals surface area contributed by atoms with Crippen LogP contribution in [0.2, 0.25) is 0 Å². The molecule has 0 radical (unpaired) electrons. The van der Waals surface area contributed by atoms with Gasteiger partial charge in [0.1, 0.15) is 6.54 Å². The highest BCUT2D eigenvalue weighted by atomic mass is 16.4. The average Bonchev–Trinajstić information content (AvgIpc) is 2.82. The Kier molecular flexibility index (Phi) is 5.44. The molecule has 0 fully saturated rings. The van der Waals surface area contributed by atoms with E-state index < -0.39 is 5.97 Å². The van der Waals surface area contributed by atoms with Crippen molar-refractivity contribution in [2.45, 2.75) is 6.54 Å². The maximum atomic E-state index is 11.5. The Morgan fingerprint density at radius 3 is 2.50 bits per heavy atom. The Morgan fingerprint density at radius 2 is 1.95 bits per heavy atom. The van der Waals surface area contributed by atoms with E-state index >= 15 is 0 Å². The molecule has 1 aromatic heterocycles. The molecule has 3 N–H and O–H groups in total. The van der Waals surface area contributed by atoms with Gasteiger partial charge in [-0.05, 0) is 0 Å². The minimum absolute atomic E-state index is 0.137. The molecule has 0 saturated heterocycles. The first-order valence-corrected chi connectivity index (χ1v) is 5.75. The van der Waals surface area contributed by atoms with Gasteiger partial charge in [-0.1, -0.05) is 5.21 Å². The molecule has 0 unspecified atom stereocenters. The number of hydrogen-bond acceptors (Lipinski definition) is 5. The Balaban J connectivity index is 2.26. The number of carbonyl (C=O) groups excluding carboxylic acids is 2. The fourth-order valence-corrected chi connectivity index (χ4v) is 1.21. The van der Waals surface area contributed by atoms with E-state index in [-0.39, 0.29) is 30.7 Å². The zero-order valence-electron chi connectivity index (χ0n) is 11.2. The quantitative estimate of drug-likeness (QED) is 0.537. The number of urea groups is 1. The molecule has 0 aliphatic heterocycles. The summed E-state index contributed by atoms with van der Waals surface area (Å²) in [6.07, 6.45) is 1.16. The Morgan fingerprint density at radius 1 is 1.30 bits per heavy atom. The Bertz CT molecular complexity index is 498. The van der Waals surface area contributed by atoms with Gasteiger partial charge in [-0.15, -0.1) is 5.10 Å². The van der Waals surface area contributed by atoms with Gasteiger partial charge in [0, 0.05) is 27.2 Å². The lowest BCUT2D eigenvalue weighted by molar-refractivity contribution is -0.121. The molecule has 3 amide bonds. The summed E-state index contributed by atoms with van der Waals surface area (Å²) < 4.78 is 1.12. The summed E-state index contributed by atoms with van der Waals surface area (Å²) in [6.45, 7) is 0.418. The predicted octanol–water partition coefficient (Wildman–Crippen LogP) is -1.64. The van der Waals surface area contributed by atoms with Crippen LogP contribution in [0.15, 0.2) is 6.20 Å². The van der Waals surface area contributed by atoms with E-state index in [2.05, 4.69) is 20.9 Å². The van der Waals surface area contributed by atoms with Crippen molar-refractivity contribution in [3.63, 3.8) is 0 Å². The third kappa shape index (κ3) is 4.92. The number of nitrogens with zero attached hydrogens (tertiary/aromatic N) is 4. The van der Waals surface area contributed by atoms with Gasteiger partial charge in [0.15, 0.2) is 5.69 Å². The second-order valence-corrected chi connectivity index (χ2v) is 4.08. The van der Waals surface area contributed by atoms with Gasteiger partial charge in [-0.2, -0.15) is 0 Å². The average molecular weight is 284 g/mol. The molecule has 0 saturated carbocycles. The zero-order chi connectivity index (χ0) is 15.1. The summed E-state index contributed by atoms with van der Waals surface area (Å²) in [7, 11) is 3.22. The molecule has 10 nitrogen and oxygen atoms in total. The number of carbonyl (C=O) groups is 3.